The topological polar surface area (TPSA) is 29.5 Å². The molecule has 0 radical (unpaired) electrons. The van der Waals surface area contributed by atoms with Crippen molar-refractivity contribution in [3.05, 3.63) is 35.4 Å². The van der Waals surface area contributed by atoms with E-state index in [0.717, 1.165) is 5.56 Å². The van der Waals surface area contributed by atoms with E-state index >= 15 is 0 Å². The van der Waals surface area contributed by atoms with Gasteiger partial charge in [-0.25, -0.2) is 0 Å². The molecule has 0 saturated heterocycles. The number of hydrogen-bond donors (Lipinski definition) is 1. The SMILES string of the molecule is CCOC(C(O)c1cccc(C2CCC2)c1)C(C)(C)C. The summed E-state index contributed by atoms with van der Waals surface area (Å²) in [6.45, 7) is 8.96. The van der Waals surface area contributed by atoms with Crippen LogP contribution in [0, 0.1) is 5.41 Å². The Morgan fingerprint density at radius 1 is 1.30 bits per heavy atom. The van der Waals surface area contributed by atoms with Crippen LogP contribution in [-0.2, 0) is 4.74 Å². The van der Waals surface area contributed by atoms with E-state index < -0.39 is 6.10 Å². The average Bonchev–Trinajstić information content (AvgIpc) is 2.32. The Balaban J connectivity index is 2.19. The molecule has 1 aromatic rings. The van der Waals surface area contributed by atoms with Crippen molar-refractivity contribution in [1.82, 2.24) is 0 Å². The van der Waals surface area contributed by atoms with Gasteiger partial charge in [0.05, 0.1) is 6.10 Å². The molecule has 20 heavy (non-hydrogen) atoms. The Morgan fingerprint density at radius 2 is 2.00 bits per heavy atom. The molecule has 2 rings (SSSR count). The molecule has 1 aliphatic rings. The van der Waals surface area contributed by atoms with Gasteiger partial charge in [-0.3, -0.25) is 0 Å². The first-order chi connectivity index (χ1) is 9.43. The number of aliphatic hydroxyl groups is 1. The van der Waals surface area contributed by atoms with Gasteiger partial charge in [0, 0.05) is 6.61 Å². The zero-order chi connectivity index (χ0) is 14.8. The predicted octanol–water partition coefficient (Wildman–Crippen LogP) is 4.44. The zero-order valence-electron chi connectivity index (χ0n) is 13.2. The molecule has 2 nitrogen and oxygen atoms in total. The Morgan fingerprint density at radius 3 is 2.50 bits per heavy atom. The Labute approximate surface area is 123 Å². The van der Waals surface area contributed by atoms with Gasteiger partial charge in [-0.2, -0.15) is 0 Å². The highest BCUT2D eigenvalue weighted by Crippen LogP contribution is 2.38. The maximum atomic E-state index is 10.7. The van der Waals surface area contributed by atoms with Crippen LogP contribution in [0.5, 0.6) is 0 Å². The van der Waals surface area contributed by atoms with Gasteiger partial charge in [-0.05, 0) is 42.2 Å². The van der Waals surface area contributed by atoms with Gasteiger partial charge >= 0.3 is 0 Å². The maximum Gasteiger partial charge on any atom is 0.106 e. The van der Waals surface area contributed by atoms with E-state index in [-0.39, 0.29) is 11.5 Å². The summed E-state index contributed by atoms with van der Waals surface area (Å²) < 4.78 is 5.81. The summed E-state index contributed by atoms with van der Waals surface area (Å²) in [4.78, 5) is 0. The van der Waals surface area contributed by atoms with Crippen molar-refractivity contribution in [2.24, 2.45) is 5.41 Å². The lowest BCUT2D eigenvalue weighted by Crippen LogP contribution is -2.35. The van der Waals surface area contributed by atoms with Crippen molar-refractivity contribution < 1.29 is 9.84 Å². The molecule has 1 aliphatic carbocycles. The maximum absolute atomic E-state index is 10.7. The summed E-state index contributed by atoms with van der Waals surface area (Å²) in [5, 5.41) is 10.7. The van der Waals surface area contributed by atoms with Crippen LogP contribution in [0.3, 0.4) is 0 Å². The molecule has 2 atom stereocenters. The van der Waals surface area contributed by atoms with E-state index in [1.54, 1.807) is 0 Å². The number of ether oxygens (including phenoxy) is 1. The molecule has 1 aromatic carbocycles. The fourth-order valence-corrected chi connectivity index (χ4v) is 2.91. The normalized spacial score (nSPS) is 19.4. The molecule has 2 unspecified atom stereocenters. The van der Waals surface area contributed by atoms with Crippen LogP contribution in [0.2, 0.25) is 0 Å². The van der Waals surface area contributed by atoms with Crippen LogP contribution < -0.4 is 0 Å². The lowest BCUT2D eigenvalue weighted by atomic mass is 9.78. The predicted molar refractivity (Wildman–Crippen MR) is 82.9 cm³/mol. The highest BCUT2D eigenvalue weighted by Gasteiger charge is 2.33. The van der Waals surface area contributed by atoms with Crippen LogP contribution in [0.25, 0.3) is 0 Å². The molecule has 1 saturated carbocycles. The highest BCUT2D eigenvalue weighted by molar-refractivity contribution is 5.29. The fraction of sp³-hybridized carbons (Fsp3) is 0.667. The lowest BCUT2D eigenvalue weighted by molar-refractivity contribution is -0.0899. The molecule has 0 bridgehead atoms. The summed E-state index contributed by atoms with van der Waals surface area (Å²) >= 11 is 0. The van der Waals surface area contributed by atoms with Crippen molar-refractivity contribution >= 4 is 0 Å². The summed E-state index contributed by atoms with van der Waals surface area (Å²) in [5.41, 5.74) is 2.28. The third kappa shape index (κ3) is 3.42. The second kappa shape index (κ2) is 6.28. The smallest absolute Gasteiger partial charge is 0.106 e. The van der Waals surface area contributed by atoms with Crippen LogP contribution in [0.15, 0.2) is 24.3 Å². The minimum absolute atomic E-state index is 0.0814. The van der Waals surface area contributed by atoms with E-state index in [1.807, 2.05) is 13.0 Å². The van der Waals surface area contributed by atoms with E-state index in [2.05, 4.69) is 39.0 Å². The zero-order valence-corrected chi connectivity index (χ0v) is 13.2. The third-order valence-corrected chi connectivity index (χ3v) is 4.32. The summed E-state index contributed by atoms with van der Waals surface area (Å²) in [7, 11) is 0. The second-order valence-electron chi connectivity index (χ2n) is 6.98. The second-order valence-corrected chi connectivity index (χ2v) is 6.98. The van der Waals surface area contributed by atoms with E-state index in [4.69, 9.17) is 4.74 Å². The third-order valence-electron chi connectivity index (χ3n) is 4.32. The number of aliphatic hydroxyl groups excluding tert-OH is 1. The molecule has 0 heterocycles. The minimum Gasteiger partial charge on any atom is -0.386 e. The highest BCUT2D eigenvalue weighted by atomic mass is 16.5. The molecule has 0 aliphatic heterocycles. The van der Waals surface area contributed by atoms with Crippen LogP contribution in [-0.4, -0.2) is 17.8 Å². The molecule has 2 heteroatoms. The molecule has 1 fully saturated rings. The van der Waals surface area contributed by atoms with Gasteiger partial charge in [0.15, 0.2) is 0 Å². The van der Waals surface area contributed by atoms with Gasteiger partial charge in [0.2, 0.25) is 0 Å². The van der Waals surface area contributed by atoms with Crippen molar-refractivity contribution in [1.29, 1.82) is 0 Å². The lowest BCUT2D eigenvalue weighted by Gasteiger charge is -2.35. The Kier molecular flexibility index (Phi) is 4.87. The van der Waals surface area contributed by atoms with Crippen molar-refractivity contribution in [2.75, 3.05) is 6.61 Å². The minimum atomic E-state index is -0.560. The van der Waals surface area contributed by atoms with E-state index in [0.29, 0.717) is 12.5 Å². The van der Waals surface area contributed by atoms with Crippen LogP contribution in [0.1, 0.15) is 70.1 Å². The van der Waals surface area contributed by atoms with E-state index in [1.165, 1.54) is 24.8 Å². The van der Waals surface area contributed by atoms with Crippen molar-refractivity contribution in [2.45, 2.75) is 65.1 Å². The molecule has 1 N–H and O–H groups in total. The fourth-order valence-electron chi connectivity index (χ4n) is 2.91. The molecule has 0 spiro atoms. The molecule has 112 valence electrons. The van der Waals surface area contributed by atoms with Crippen LogP contribution >= 0.6 is 0 Å². The first kappa shape index (κ1) is 15.5. The summed E-state index contributed by atoms with van der Waals surface area (Å²) in [6, 6.07) is 8.45. The molecular weight excluding hydrogens is 248 g/mol. The Hall–Kier alpha value is -0.860. The first-order valence-corrected chi connectivity index (χ1v) is 7.83. The summed E-state index contributed by atoms with van der Waals surface area (Å²) in [5.74, 6) is 0.697. The molecule has 0 aromatic heterocycles. The largest absolute Gasteiger partial charge is 0.386 e. The Bertz CT molecular complexity index is 429. The summed E-state index contributed by atoms with van der Waals surface area (Å²) in [6.07, 6.45) is 3.17. The first-order valence-electron chi connectivity index (χ1n) is 7.83. The number of benzene rings is 1. The quantitative estimate of drug-likeness (QED) is 0.861. The molecule has 0 amide bonds. The van der Waals surface area contributed by atoms with Gasteiger partial charge < -0.3 is 9.84 Å². The van der Waals surface area contributed by atoms with Gasteiger partial charge in [0.25, 0.3) is 0 Å². The molecular formula is C18H28O2. The van der Waals surface area contributed by atoms with Gasteiger partial charge in [0.1, 0.15) is 6.10 Å². The monoisotopic (exact) mass is 276 g/mol. The van der Waals surface area contributed by atoms with Crippen molar-refractivity contribution in [3.63, 3.8) is 0 Å². The van der Waals surface area contributed by atoms with Crippen molar-refractivity contribution in [3.8, 4) is 0 Å². The van der Waals surface area contributed by atoms with Crippen LogP contribution in [0.4, 0.5) is 0 Å². The van der Waals surface area contributed by atoms with Gasteiger partial charge in [-0.1, -0.05) is 51.5 Å². The number of hydrogen-bond acceptors (Lipinski definition) is 2. The standard InChI is InChI=1S/C18H28O2/c1-5-20-17(18(2,3)4)16(19)15-11-7-10-14(12-15)13-8-6-9-13/h7,10-13,16-17,19H,5-6,8-9H2,1-4H3. The number of rotatable bonds is 5. The average molecular weight is 276 g/mol. The van der Waals surface area contributed by atoms with Gasteiger partial charge in [-0.15, -0.1) is 0 Å². The van der Waals surface area contributed by atoms with E-state index in [9.17, 15) is 5.11 Å².